The van der Waals surface area contributed by atoms with Gasteiger partial charge in [-0.05, 0) is 30.2 Å². The molecule has 0 saturated carbocycles. The van der Waals surface area contributed by atoms with Crippen LogP contribution in [-0.2, 0) is 16.8 Å². The van der Waals surface area contributed by atoms with Crippen LogP contribution < -0.4 is 15.2 Å². The molecule has 1 atom stereocenters. The molecular weight excluding hydrogens is 512 g/mol. The summed E-state index contributed by atoms with van der Waals surface area (Å²) in [6.45, 7) is 8.10. The maximum atomic E-state index is 14.4. The van der Waals surface area contributed by atoms with Crippen LogP contribution in [0.5, 0.6) is 0 Å². The molecule has 186 valence electrons. The van der Waals surface area contributed by atoms with E-state index in [-0.39, 0.29) is 34.0 Å². The number of para-hydroxylation sites is 1. The lowest BCUT2D eigenvalue weighted by Crippen LogP contribution is -2.53. The molecule has 2 amide bonds. The average Bonchev–Trinajstić information content (AvgIpc) is 3.49. The Labute approximate surface area is 220 Å². The third kappa shape index (κ3) is 3.17. The SMILES string of the molecule is C=CCN1C(=O)C2(c3ccccc31)c1c(oc3ccc(Cl)cc3c1=O)C(=O)N2c1nnc(CC(C)C)s1. The number of hydrogen-bond donors (Lipinski definition) is 0. The maximum absolute atomic E-state index is 14.4. The van der Waals surface area contributed by atoms with E-state index in [1.54, 1.807) is 42.5 Å². The van der Waals surface area contributed by atoms with Crippen molar-refractivity contribution in [2.24, 2.45) is 5.92 Å². The summed E-state index contributed by atoms with van der Waals surface area (Å²) in [6, 6.07) is 11.7. The highest BCUT2D eigenvalue weighted by atomic mass is 35.5. The highest BCUT2D eigenvalue weighted by Gasteiger charge is 2.66. The minimum absolute atomic E-state index is 0.0445. The minimum Gasteiger partial charge on any atom is -0.450 e. The van der Waals surface area contributed by atoms with Crippen LogP contribution in [0.25, 0.3) is 11.0 Å². The third-order valence-electron chi connectivity index (χ3n) is 6.63. The summed E-state index contributed by atoms with van der Waals surface area (Å²) >= 11 is 7.43. The molecule has 4 heterocycles. The lowest BCUT2D eigenvalue weighted by Gasteiger charge is -2.31. The first kappa shape index (κ1) is 23.6. The molecule has 0 bridgehead atoms. The number of nitrogens with zero attached hydrogens (tertiary/aromatic N) is 4. The zero-order chi connectivity index (χ0) is 26.1. The van der Waals surface area contributed by atoms with Crippen LogP contribution in [0.4, 0.5) is 10.8 Å². The molecule has 2 aliphatic heterocycles. The third-order valence-corrected chi connectivity index (χ3v) is 7.79. The van der Waals surface area contributed by atoms with Crippen molar-refractivity contribution in [3.63, 3.8) is 0 Å². The normalized spacial score (nSPS) is 18.4. The molecule has 1 spiro atoms. The van der Waals surface area contributed by atoms with E-state index in [0.717, 1.165) is 5.01 Å². The topological polar surface area (TPSA) is 96.6 Å². The number of fused-ring (bicyclic) bond motifs is 5. The van der Waals surface area contributed by atoms with Gasteiger partial charge in [0.2, 0.25) is 10.9 Å². The highest BCUT2D eigenvalue weighted by molar-refractivity contribution is 7.15. The highest BCUT2D eigenvalue weighted by Crippen LogP contribution is 2.54. The number of carbonyl (C=O) groups excluding carboxylic acids is 2. The number of anilines is 2. The summed E-state index contributed by atoms with van der Waals surface area (Å²) in [5, 5.41) is 10.1. The van der Waals surface area contributed by atoms with Crippen molar-refractivity contribution in [1.82, 2.24) is 10.2 Å². The molecule has 8 nitrogen and oxygen atoms in total. The molecule has 0 radical (unpaired) electrons. The molecular formula is C27H21ClN4O4S. The molecule has 2 aliphatic rings. The molecule has 2 aromatic heterocycles. The number of halogens is 1. The molecule has 4 aromatic rings. The van der Waals surface area contributed by atoms with E-state index in [4.69, 9.17) is 16.0 Å². The van der Waals surface area contributed by atoms with E-state index in [9.17, 15) is 14.4 Å². The fourth-order valence-corrected chi connectivity index (χ4v) is 6.49. The van der Waals surface area contributed by atoms with Gasteiger partial charge in [0.1, 0.15) is 10.6 Å². The Kier molecular flexibility index (Phi) is 5.32. The van der Waals surface area contributed by atoms with Crippen molar-refractivity contribution in [3.8, 4) is 0 Å². The smallest absolute Gasteiger partial charge is 0.297 e. The van der Waals surface area contributed by atoms with E-state index in [1.165, 1.54) is 27.2 Å². The quantitative estimate of drug-likeness (QED) is 0.338. The Balaban J connectivity index is 1.72. The number of carbonyl (C=O) groups is 2. The van der Waals surface area contributed by atoms with E-state index in [1.807, 2.05) is 0 Å². The van der Waals surface area contributed by atoms with Crippen LogP contribution in [0.2, 0.25) is 5.02 Å². The largest absolute Gasteiger partial charge is 0.450 e. The van der Waals surface area contributed by atoms with Gasteiger partial charge in [-0.2, -0.15) is 0 Å². The second kappa shape index (κ2) is 8.36. The molecule has 2 aromatic carbocycles. The Morgan fingerprint density at radius 3 is 2.70 bits per heavy atom. The van der Waals surface area contributed by atoms with Crippen molar-refractivity contribution in [2.75, 3.05) is 16.3 Å². The van der Waals surface area contributed by atoms with E-state index < -0.39 is 22.8 Å². The van der Waals surface area contributed by atoms with Crippen molar-refractivity contribution < 1.29 is 14.0 Å². The average molecular weight is 533 g/mol. The summed E-state index contributed by atoms with van der Waals surface area (Å²) in [5.41, 5.74) is -1.07. The Morgan fingerprint density at radius 2 is 1.95 bits per heavy atom. The Hall–Kier alpha value is -3.82. The molecule has 0 saturated heterocycles. The number of benzene rings is 2. The van der Waals surface area contributed by atoms with Gasteiger partial charge in [0.15, 0.2) is 11.0 Å². The van der Waals surface area contributed by atoms with Gasteiger partial charge >= 0.3 is 0 Å². The number of aromatic nitrogens is 2. The molecule has 10 heteroatoms. The first-order chi connectivity index (χ1) is 17.8. The van der Waals surface area contributed by atoms with Crippen LogP contribution >= 0.6 is 22.9 Å². The first-order valence-corrected chi connectivity index (χ1v) is 12.9. The van der Waals surface area contributed by atoms with Gasteiger partial charge in [0, 0.05) is 23.6 Å². The first-order valence-electron chi connectivity index (χ1n) is 11.7. The van der Waals surface area contributed by atoms with Gasteiger partial charge < -0.3 is 9.32 Å². The minimum atomic E-state index is -1.81. The van der Waals surface area contributed by atoms with Gasteiger partial charge in [-0.1, -0.05) is 61.1 Å². The Morgan fingerprint density at radius 1 is 1.16 bits per heavy atom. The molecule has 0 N–H and O–H groups in total. The predicted octanol–water partition coefficient (Wildman–Crippen LogP) is 4.93. The zero-order valence-electron chi connectivity index (χ0n) is 20.0. The van der Waals surface area contributed by atoms with Gasteiger partial charge in [0.25, 0.3) is 11.8 Å². The van der Waals surface area contributed by atoms with Gasteiger partial charge in [-0.25, -0.2) is 0 Å². The van der Waals surface area contributed by atoms with Crippen LogP contribution in [0.15, 0.2) is 64.3 Å². The summed E-state index contributed by atoms with van der Waals surface area (Å²) < 4.78 is 6.04. The fourth-order valence-electron chi connectivity index (χ4n) is 5.21. The van der Waals surface area contributed by atoms with E-state index in [2.05, 4.69) is 30.6 Å². The van der Waals surface area contributed by atoms with E-state index in [0.29, 0.717) is 28.6 Å². The lowest BCUT2D eigenvalue weighted by atomic mass is 9.84. The van der Waals surface area contributed by atoms with Gasteiger partial charge in [-0.3, -0.25) is 19.3 Å². The molecule has 0 aliphatic carbocycles. The second-order valence-corrected chi connectivity index (χ2v) is 10.9. The van der Waals surface area contributed by atoms with Crippen molar-refractivity contribution in [3.05, 3.63) is 92.3 Å². The van der Waals surface area contributed by atoms with Crippen LogP contribution in [0, 0.1) is 5.92 Å². The van der Waals surface area contributed by atoms with Gasteiger partial charge in [-0.15, -0.1) is 16.8 Å². The summed E-state index contributed by atoms with van der Waals surface area (Å²) in [5.74, 6) is -0.963. The van der Waals surface area contributed by atoms with Crippen LogP contribution in [-0.4, -0.2) is 28.6 Å². The van der Waals surface area contributed by atoms with Crippen LogP contribution in [0.1, 0.15) is 40.5 Å². The number of rotatable bonds is 5. The van der Waals surface area contributed by atoms with E-state index >= 15 is 0 Å². The number of amides is 2. The summed E-state index contributed by atoms with van der Waals surface area (Å²) in [7, 11) is 0. The lowest BCUT2D eigenvalue weighted by molar-refractivity contribution is -0.121. The van der Waals surface area contributed by atoms with Crippen molar-refractivity contribution >= 4 is 56.5 Å². The summed E-state index contributed by atoms with van der Waals surface area (Å²) in [6.07, 6.45) is 2.26. The molecule has 1 unspecified atom stereocenters. The maximum Gasteiger partial charge on any atom is 0.297 e. The summed E-state index contributed by atoms with van der Waals surface area (Å²) in [4.78, 5) is 45.4. The second-order valence-electron chi connectivity index (χ2n) is 9.42. The molecule has 0 fully saturated rings. The van der Waals surface area contributed by atoms with Crippen molar-refractivity contribution in [2.45, 2.75) is 25.8 Å². The molecule has 37 heavy (non-hydrogen) atoms. The zero-order valence-corrected chi connectivity index (χ0v) is 21.6. The fraction of sp³-hybridized carbons (Fsp3) is 0.222. The standard InChI is InChI=1S/C27H21ClN4O4S/c1-4-11-31-18-8-6-5-7-17(18)27(25(31)35)21-22(33)16-13-15(28)9-10-19(16)36-23(21)24(34)32(27)26-30-29-20(37-26)12-14(2)3/h4-10,13-14H,1,11-12H2,2-3H3. The molecule has 6 rings (SSSR count). The van der Waals surface area contributed by atoms with Crippen LogP contribution in [0.3, 0.4) is 0 Å². The van der Waals surface area contributed by atoms with Crippen molar-refractivity contribution in [1.29, 1.82) is 0 Å². The Bertz CT molecular complexity index is 1690. The predicted molar refractivity (Wildman–Crippen MR) is 143 cm³/mol. The van der Waals surface area contributed by atoms with Gasteiger partial charge in [0.05, 0.1) is 16.6 Å². The number of hydrogen-bond acceptors (Lipinski definition) is 7. The monoisotopic (exact) mass is 532 g/mol.